The van der Waals surface area contributed by atoms with E-state index >= 15 is 0 Å². The SMILES string of the molecule is CNC(c1ccc(OC)cc1F)c1ncc(C)cc1C. The Kier molecular flexibility index (Phi) is 4.35. The lowest BCUT2D eigenvalue weighted by atomic mass is 9.98. The molecule has 0 bridgehead atoms. The van der Waals surface area contributed by atoms with Gasteiger partial charge in [0.05, 0.1) is 18.8 Å². The van der Waals surface area contributed by atoms with E-state index in [1.807, 2.05) is 19.9 Å². The first-order valence-corrected chi connectivity index (χ1v) is 6.50. The number of nitrogens with zero attached hydrogens (tertiary/aromatic N) is 1. The topological polar surface area (TPSA) is 34.1 Å². The minimum atomic E-state index is -0.300. The molecule has 0 amide bonds. The monoisotopic (exact) mass is 274 g/mol. The van der Waals surface area contributed by atoms with Gasteiger partial charge >= 0.3 is 0 Å². The summed E-state index contributed by atoms with van der Waals surface area (Å²) in [7, 11) is 3.32. The highest BCUT2D eigenvalue weighted by atomic mass is 19.1. The minimum absolute atomic E-state index is 0.276. The number of nitrogens with one attached hydrogen (secondary N) is 1. The van der Waals surface area contributed by atoms with Gasteiger partial charge in [-0.05, 0) is 38.1 Å². The van der Waals surface area contributed by atoms with Crippen molar-refractivity contribution in [3.63, 3.8) is 0 Å². The van der Waals surface area contributed by atoms with Gasteiger partial charge in [-0.25, -0.2) is 4.39 Å². The maximum absolute atomic E-state index is 14.2. The standard InChI is InChI=1S/C16H19FN2O/c1-10-7-11(2)15(19-9-10)16(18-3)13-6-5-12(20-4)8-14(13)17/h5-9,16,18H,1-4H3. The smallest absolute Gasteiger partial charge is 0.132 e. The molecule has 0 aliphatic carbocycles. The van der Waals surface area contributed by atoms with E-state index in [2.05, 4.69) is 10.3 Å². The highest BCUT2D eigenvalue weighted by molar-refractivity contribution is 5.37. The number of ether oxygens (including phenoxy) is 1. The van der Waals surface area contributed by atoms with Gasteiger partial charge in [-0.3, -0.25) is 4.98 Å². The number of halogens is 1. The Balaban J connectivity index is 2.47. The Morgan fingerprint density at radius 1 is 1.25 bits per heavy atom. The Labute approximate surface area is 118 Å². The van der Waals surface area contributed by atoms with Gasteiger partial charge in [0.25, 0.3) is 0 Å². The average molecular weight is 274 g/mol. The first kappa shape index (κ1) is 14.5. The van der Waals surface area contributed by atoms with E-state index in [4.69, 9.17) is 4.74 Å². The van der Waals surface area contributed by atoms with Gasteiger partial charge in [0.1, 0.15) is 11.6 Å². The minimum Gasteiger partial charge on any atom is -0.497 e. The highest BCUT2D eigenvalue weighted by Crippen LogP contribution is 2.27. The molecule has 1 heterocycles. The normalized spacial score (nSPS) is 12.2. The maximum Gasteiger partial charge on any atom is 0.132 e. The van der Waals surface area contributed by atoms with Gasteiger partial charge < -0.3 is 10.1 Å². The van der Waals surface area contributed by atoms with Gasteiger partial charge in [0, 0.05) is 17.8 Å². The summed E-state index contributed by atoms with van der Waals surface area (Å²) in [5, 5.41) is 3.13. The van der Waals surface area contributed by atoms with E-state index in [1.165, 1.54) is 13.2 Å². The molecule has 0 saturated heterocycles. The Morgan fingerprint density at radius 3 is 2.55 bits per heavy atom. The van der Waals surface area contributed by atoms with Crippen LogP contribution in [0, 0.1) is 19.7 Å². The zero-order valence-corrected chi connectivity index (χ0v) is 12.2. The maximum atomic E-state index is 14.2. The summed E-state index contributed by atoms with van der Waals surface area (Å²) in [4.78, 5) is 4.45. The van der Waals surface area contributed by atoms with Crippen molar-refractivity contribution in [2.24, 2.45) is 0 Å². The molecule has 2 aromatic rings. The van der Waals surface area contributed by atoms with Crippen LogP contribution in [-0.4, -0.2) is 19.1 Å². The summed E-state index contributed by atoms with van der Waals surface area (Å²) in [6, 6.07) is 6.65. The quantitative estimate of drug-likeness (QED) is 0.930. The zero-order chi connectivity index (χ0) is 14.7. The molecule has 2 rings (SSSR count). The molecule has 1 N–H and O–H groups in total. The van der Waals surface area contributed by atoms with Crippen molar-refractivity contribution in [1.82, 2.24) is 10.3 Å². The first-order chi connectivity index (χ1) is 9.56. The average Bonchev–Trinajstić information content (AvgIpc) is 2.43. The second-order valence-electron chi connectivity index (χ2n) is 4.82. The fraction of sp³-hybridized carbons (Fsp3) is 0.312. The largest absolute Gasteiger partial charge is 0.497 e. The molecule has 0 spiro atoms. The highest BCUT2D eigenvalue weighted by Gasteiger charge is 2.19. The number of benzene rings is 1. The van der Waals surface area contributed by atoms with Crippen molar-refractivity contribution in [3.8, 4) is 5.75 Å². The van der Waals surface area contributed by atoms with E-state index < -0.39 is 0 Å². The van der Waals surface area contributed by atoms with Crippen LogP contribution in [0.15, 0.2) is 30.5 Å². The molecular weight excluding hydrogens is 255 g/mol. The Morgan fingerprint density at radius 2 is 2.00 bits per heavy atom. The number of pyridine rings is 1. The fourth-order valence-corrected chi connectivity index (χ4v) is 2.34. The van der Waals surface area contributed by atoms with E-state index in [1.54, 1.807) is 25.4 Å². The molecule has 1 aromatic heterocycles. The summed E-state index contributed by atoms with van der Waals surface area (Å²) in [5.74, 6) is 0.208. The molecule has 0 saturated carbocycles. The van der Waals surface area contributed by atoms with Crippen LogP contribution in [0.3, 0.4) is 0 Å². The molecule has 4 heteroatoms. The summed E-state index contributed by atoms with van der Waals surface area (Å²) in [6.07, 6.45) is 1.80. The molecule has 0 fully saturated rings. The first-order valence-electron chi connectivity index (χ1n) is 6.50. The van der Waals surface area contributed by atoms with Crippen molar-refractivity contribution >= 4 is 0 Å². The third kappa shape index (κ3) is 2.80. The van der Waals surface area contributed by atoms with Crippen LogP contribution in [0.5, 0.6) is 5.75 Å². The van der Waals surface area contributed by atoms with Crippen molar-refractivity contribution in [1.29, 1.82) is 0 Å². The number of hydrogen-bond acceptors (Lipinski definition) is 3. The van der Waals surface area contributed by atoms with Gasteiger partial charge in [0.15, 0.2) is 0 Å². The number of rotatable bonds is 4. The number of methoxy groups -OCH3 is 1. The number of aryl methyl sites for hydroxylation is 2. The molecule has 106 valence electrons. The molecule has 0 radical (unpaired) electrons. The summed E-state index contributed by atoms with van der Waals surface area (Å²) >= 11 is 0. The van der Waals surface area contributed by atoms with Crippen LogP contribution < -0.4 is 10.1 Å². The molecule has 0 aliphatic heterocycles. The van der Waals surface area contributed by atoms with Crippen LogP contribution in [0.1, 0.15) is 28.4 Å². The van der Waals surface area contributed by atoms with Gasteiger partial charge in [-0.15, -0.1) is 0 Å². The van der Waals surface area contributed by atoms with E-state index in [0.29, 0.717) is 11.3 Å². The van der Waals surface area contributed by atoms with E-state index in [-0.39, 0.29) is 11.9 Å². The summed E-state index contributed by atoms with van der Waals surface area (Å²) < 4.78 is 19.3. The third-order valence-electron chi connectivity index (χ3n) is 3.34. The van der Waals surface area contributed by atoms with Crippen LogP contribution in [0.25, 0.3) is 0 Å². The summed E-state index contributed by atoms with van der Waals surface area (Å²) in [6.45, 7) is 3.98. The molecule has 0 aliphatic rings. The summed E-state index contributed by atoms with van der Waals surface area (Å²) in [5.41, 5.74) is 3.53. The van der Waals surface area contributed by atoms with Crippen LogP contribution >= 0.6 is 0 Å². The Hall–Kier alpha value is -1.94. The van der Waals surface area contributed by atoms with Crippen LogP contribution in [0.4, 0.5) is 4.39 Å². The molecule has 1 aromatic carbocycles. The van der Waals surface area contributed by atoms with Crippen molar-refractivity contribution in [3.05, 3.63) is 58.7 Å². The lowest BCUT2D eigenvalue weighted by Gasteiger charge is -2.19. The van der Waals surface area contributed by atoms with E-state index in [0.717, 1.165) is 16.8 Å². The molecular formula is C16H19FN2O. The Bertz CT molecular complexity index is 613. The number of aromatic nitrogens is 1. The van der Waals surface area contributed by atoms with E-state index in [9.17, 15) is 4.39 Å². The second-order valence-corrected chi connectivity index (χ2v) is 4.82. The van der Waals surface area contributed by atoms with Gasteiger partial charge in [0.2, 0.25) is 0 Å². The third-order valence-corrected chi connectivity index (χ3v) is 3.34. The van der Waals surface area contributed by atoms with Gasteiger partial charge in [-0.2, -0.15) is 0 Å². The van der Waals surface area contributed by atoms with Crippen molar-refractivity contribution in [2.75, 3.05) is 14.2 Å². The van der Waals surface area contributed by atoms with Crippen LogP contribution in [0.2, 0.25) is 0 Å². The second kappa shape index (κ2) is 6.01. The van der Waals surface area contributed by atoms with Crippen LogP contribution in [-0.2, 0) is 0 Å². The van der Waals surface area contributed by atoms with Gasteiger partial charge in [-0.1, -0.05) is 12.1 Å². The van der Waals surface area contributed by atoms with Crippen molar-refractivity contribution in [2.45, 2.75) is 19.9 Å². The zero-order valence-electron chi connectivity index (χ0n) is 12.2. The number of hydrogen-bond donors (Lipinski definition) is 1. The molecule has 3 nitrogen and oxygen atoms in total. The fourth-order valence-electron chi connectivity index (χ4n) is 2.34. The van der Waals surface area contributed by atoms with Crippen molar-refractivity contribution < 1.29 is 9.13 Å². The lowest BCUT2D eigenvalue weighted by Crippen LogP contribution is -2.21. The predicted octanol–water partition coefficient (Wildman–Crippen LogP) is 3.15. The molecule has 1 atom stereocenters. The predicted molar refractivity (Wildman–Crippen MR) is 77.6 cm³/mol. The lowest BCUT2D eigenvalue weighted by molar-refractivity contribution is 0.410. The molecule has 20 heavy (non-hydrogen) atoms. The molecule has 1 unspecified atom stereocenters.